The number of para-hydroxylation sites is 1. The molecule has 146 valence electrons. The van der Waals surface area contributed by atoms with Crippen molar-refractivity contribution >= 4 is 23.4 Å². The molecule has 3 N–H and O–H groups in total. The first-order valence-corrected chi connectivity index (χ1v) is 9.19. The largest absolute Gasteiger partial charge is 0.497 e. The van der Waals surface area contributed by atoms with Crippen LogP contribution in [0, 0.1) is 0 Å². The van der Waals surface area contributed by atoms with Gasteiger partial charge in [-0.15, -0.1) is 0 Å². The normalized spacial score (nSPS) is 12.8. The highest BCUT2D eigenvalue weighted by molar-refractivity contribution is 6.40. The van der Waals surface area contributed by atoms with E-state index >= 15 is 0 Å². The second-order valence-corrected chi connectivity index (χ2v) is 6.60. The highest BCUT2D eigenvalue weighted by Gasteiger charge is 2.25. The van der Waals surface area contributed by atoms with Crippen molar-refractivity contribution < 1.29 is 19.1 Å². The first-order valence-electron chi connectivity index (χ1n) is 9.19. The maximum atomic E-state index is 12.3. The van der Waals surface area contributed by atoms with Crippen LogP contribution < -0.4 is 20.7 Å². The molecule has 1 fully saturated rings. The highest BCUT2D eigenvalue weighted by Crippen LogP contribution is 2.21. The van der Waals surface area contributed by atoms with E-state index in [1.165, 1.54) is 0 Å². The van der Waals surface area contributed by atoms with Gasteiger partial charge >= 0.3 is 11.8 Å². The van der Waals surface area contributed by atoms with Crippen molar-refractivity contribution in [2.45, 2.75) is 25.3 Å². The lowest BCUT2D eigenvalue weighted by Crippen LogP contribution is -2.37. The zero-order valence-electron chi connectivity index (χ0n) is 15.7. The molecule has 28 heavy (non-hydrogen) atoms. The van der Waals surface area contributed by atoms with Gasteiger partial charge in [0.2, 0.25) is 0 Å². The summed E-state index contributed by atoms with van der Waals surface area (Å²) in [5.74, 6) is -1.04. The van der Waals surface area contributed by atoms with Crippen LogP contribution in [-0.4, -0.2) is 37.4 Å². The van der Waals surface area contributed by atoms with E-state index in [2.05, 4.69) is 16.0 Å². The lowest BCUT2D eigenvalue weighted by atomic mass is 10.1. The Morgan fingerprint density at radius 2 is 1.71 bits per heavy atom. The van der Waals surface area contributed by atoms with Crippen LogP contribution in [0.5, 0.6) is 5.75 Å². The van der Waals surface area contributed by atoms with Crippen LogP contribution in [0.4, 0.5) is 5.69 Å². The fourth-order valence-corrected chi connectivity index (χ4v) is 2.65. The fourth-order valence-electron chi connectivity index (χ4n) is 2.65. The number of nitrogens with one attached hydrogen (secondary N) is 3. The number of methoxy groups -OCH3 is 1. The van der Waals surface area contributed by atoms with Gasteiger partial charge in [0.1, 0.15) is 5.75 Å². The number of benzene rings is 2. The second kappa shape index (κ2) is 9.03. The predicted molar refractivity (Wildman–Crippen MR) is 105 cm³/mol. The van der Waals surface area contributed by atoms with Crippen LogP contribution in [0.15, 0.2) is 48.5 Å². The Balaban J connectivity index is 1.51. The Morgan fingerprint density at radius 1 is 1.00 bits per heavy atom. The molecule has 1 aliphatic rings. The molecule has 0 saturated heterocycles. The Hall–Kier alpha value is -3.35. The first-order chi connectivity index (χ1) is 13.6. The van der Waals surface area contributed by atoms with E-state index < -0.39 is 11.8 Å². The second-order valence-electron chi connectivity index (χ2n) is 6.60. The van der Waals surface area contributed by atoms with E-state index in [1.54, 1.807) is 31.4 Å². The van der Waals surface area contributed by atoms with E-state index in [9.17, 15) is 14.4 Å². The summed E-state index contributed by atoms with van der Waals surface area (Å²) in [4.78, 5) is 36.5. The van der Waals surface area contributed by atoms with Gasteiger partial charge in [-0.1, -0.05) is 24.3 Å². The molecule has 0 heterocycles. The molecule has 0 radical (unpaired) electrons. The summed E-state index contributed by atoms with van der Waals surface area (Å²) in [5, 5.41) is 7.98. The van der Waals surface area contributed by atoms with Crippen molar-refractivity contribution in [2.75, 3.05) is 19.0 Å². The molecule has 0 aromatic heterocycles. The highest BCUT2D eigenvalue weighted by atomic mass is 16.5. The summed E-state index contributed by atoms with van der Waals surface area (Å²) in [6.45, 7) is 0.322. The molecule has 1 saturated carbocycles. The molecule has 0 atom stereocenters. The van der Waals surface area contributed by atoms with Crippen molar-refractivity contribution in [3.05, 3.63) is 59.7 Å². The number of carbonyl (C=O) groups excluding carboxylic acids is 3. The van der Waals surface area contributed by atoms with Gasteiger partial charge in [0, 0.05) is 12.6 Å². The van der Waals surface area contributed by atoms with Crippen LogP contribution in [0.25, 0.3) is 0 Å². The summed E-state index contributed by atoms with van der Waals surface area (Å²) >= 11 is 0. The van der Waals surface area contributed by atoms with Gasteiger partial charge in [-0.3, -0.25) is 14.4 Å². The maximum Gasteiger partial charge on any atom is 0.313 e. The zero-order chi connectivity index (χ0) is 19.9. The van der Waals surface area contributed by atoms with Gasteiger partial charge in [-0.05, 0) is 49.1 Å². The Morgan fingerprint density at radius 3 is 2.39 bits per heavy atom. The molecule has 3 amide bonds. The van der Waals surface area contributed by atoms with Gasteiger partial charge in [0.15, 0.2) is 0 Å². The minimum Gasteiger partial charge on any atom is -0.497 e. The average Bonchev–Trinajstić information content (AvgIpc) is 3.52. The van der Waals surface area contributed by atoms with Gasteiger partial charge < -0.3 is 20.7 Å². The molecule has 7 heteroatoms. The van der Waals surface area contributed by atoms with E-state index in [1.807, 2.05) is 24.3 Å². The smallest absolute Gasteiger partial charge is 0.313 e. The first kappa shape index (κ1) is 19.4. The van der Waals surface area contributed by atoms with Crippen LogP contribution >= 0.6 is 0 Å². The Bertz CT molecular complexity index is 860. The molecule has 0 unspecified atom stereocenters. The SMILES string of the molecule is COc1ccc(CCNC(=O)C(=O)Nc2ccccc2C(=O)NC2CC2)cc1. The monoisotopic (exact) mass is 381 g/mol. The summed E-state index contributed by atoms with van der Waals surface area (Å²) in [5.41, 5.74) is 1.67. The topological polar surface area (TPSA) is 96.5 Å². The zero-order valence-corrected chi connectivity index (χ0v) is 15.7. The predicted octanol–water partition coefficient (Wildman–Crippen LogP) is 1.88. The molecule has 7 nitrogen and oxygen atoms in total. The standard InChI is InChI=1S/C21H23N3O4/c1-28-16-10-6-14(7-11-16)12-13-22-20(26)21(27)24-18-5-3-2-4-17(18)19(25)23-15-8-9-15/h2-7,10-11,15H,8-9,12-13H2,1H3,(H,22,26)(H,23,25)(H,24,27). The lowest BCUT2D eigenvalue weighted by molar-refractivity contribution is -0.136. The fraction of sp³-hybridized carbons (Fsp3) is 0.286. The average molecular weight is 381 g/mol. The third-order valence-corrected chi connectivity index (χ3v) is 4.40. The molecule has 1 aliphatic carbocycles. The van der Waals surface area contributed by atoms with Gasteiger partial charge in [0.05, 0.1) is 18.4 Å². The molecular weight excluding hydrogens is 358 g/mol. The minimum absolute atomic E-state index is 0.206. The van der Waals surface area contributed by atoms with Crippen molar-refractivity contribution in [3.63, 3.8) is 0 Å². The van der Waals surface area contributed by atoms with Crippen LogP contribution in [0.1, 0.15) is 28.8 Å². The Kier molecular flexibility index (Phi) is 6.26. The third-order valence-electron chi connectivity index (χ3n) is 4.40. The number of anilines is 1. The summed E-state index contributed by atoms with van der Waals surface area (Å²) in [6, 6.07) is 14.3. The number of amides is 3. The van der Waals surface area contributed by atoms with Crippen molar-refractivity contribution in [3.8, 4) is 5.75 Å². The Labute approximate surface area is 163 Å². The molecule has 3 rings (SSSR count). The number of carbonyl (C=O) groups is 3. The quantitative estimate of drug-likeness (QED) is 0.638. The minimum atomic E-state index is -0.804. The molecule has 0 spiro atoms. The summed E-state index contributed by atoms with van der Waals surface area (Å²) in [7, 11) is 1.60. The molecule has 0 aliphatic heterocycles. The maximum absolute atomic E-state index is 12.3. The molecule has 0 bridgehead atoms. The van der Waals surface area contributed by atoms with E-state index in [4.69, 9.17) is 4.74 Å². The molecular formula is C21H23N3O4. The number of rotatable bonds is 7. The van der Waals surface area contributed by atoms with Crippen LogP contribution in [0.2, 0.25) is 0 Å². The van der Waals surface area contributed by atoms with Gasteiger partial charge in [-0.25, -0.2) is 0 Å². The van der Waals surface area contributed by atoms with Gasteiger partial charge in [0.25, 0.3) is 5.91 Å². The van der Waals surface area contributed by atoms with Crippen molar-refractivity contribution in [2.24, 2.45) is 0 Å². The van der Waals surface area contributed by atoms with Gasteiger partial charge in [-0.2, -0.15) is 0 Å². The molecule has 2 aromatic rings. The van der Waals surface area contributed by atoms with Crippen LogP contribution in [-0.2, 0) is 16.0 Å². The van der Waals surface area contributed by atoms with E-state index in [0.717, 1.165) is 24.2 Å². The van der Waals surface area contributed by atoms with E-state index in [0.29, 0.717) is 24.2 Å². The summed E-state index contributed by atoms with van der Waals surface area (Å²) in [6.07, 6.45) is 2.52. The third kappa shape index (κ3) is 5.33. The van der Waals surface area contributed by atoms with E-state index in [-0.39, 0.29) is 11.9 Å². The number of hydrogen-bond acceptors (Lipinski definition) is 4. The number of hydrogen-bond donors (Lipinski definition) is 3. The lowest BCUT2D eigenvalue weighted by Gasteiger charge is -2.11. The summed E-state index contributed by atoms with van der Waals surface area (Å²) < 4.78 is 5.10. The number of ether oxygens (including phenoxy) is 1. The van der Waals surface area contributed by atoms with Crippen LogP contribution in [0.3, 0.4) is 0 Å². The molecule has 2 aromatic carbocycles. The van der Waals surface area contributed by atoms with Crippen molar-refractivity contribution in [1.29, 1.82) is 0 Å². The van der Waals surface area contributed by atoms with Crippen molar-refractivity contribution in [1.82, 2.24) is 10.6 Å².